The lowest BCUT2D eigenvalue weighted by Crippen LogP contribution is -2.22. The number of nitrogens with one attached hydrogen (secondary N) is 1. The van der Waals surface area contributed by atoms with E-state index >= 15 is 0 Å². The Bertz CT molecular complexity index is 547. The Morgan fingerprint density at radius 3 is 2.37 bits per heavy atom. The number of hydrogen-bond acceptors (Lipinski definition) is 3. The van der Waals surface area contributed by atoms with Gasteiger partial charge in [-0.3, -0.25) is 0 Å². The van der Waals surface area contributed by atoms with E-state index in [1.807, 2.05) is 0 Å². The predicted octanol–water partition coefficient (Wildman–Crippen LogP) is 2.88. The first-order chi connectivity index (χ1) is 9.09. The molecule has 0 amide bonds. The van der Waals surface area contributed by atoms with Crippen molar-refractivity contribution in [2.75, 3.05) is 51.5 Å². The van der Waals surface area contributed by atoms with Crippen LogP contribution in [0.15, 0.2) is 36.4 Å². The van der Waals surface area contributed by atoms with Crippen molar-refractivity contribution in [1.82, 2.24) is 4.90 Å². The lowest BCUT2D eigenvalue weighted by atomic mass is 10.1. The summed E-state index contributed by atoms with van der Waals surface area (Å²) in [7, 11) is 8.38. The third kappa shape index (κ3) is 3.18. The van der Waals surface area contributed by atoms with Gasteiger partial charge in [0.2, 0.25) is 0 Å². The lowest BCUT2D eigenvalue weighted by molar-refractivity contribution is 0.425. The van der Waals surface area contributed by atoms with E-state index in [0.29, 0.717) is 0 Å². The third-order valence-electron chi connectivity index (χ3n) is 3.22. The van der Waals surface area contributed by atoms with Crippen molar-refractivity contribution in [3.8, 4) is 0 Å². The molecule has 0 unspecified atom stereocenters. The van der Waals surface area contributed by atoms with Gasteiger partial charge in [-0.05, 0) is 25.5 Å². The number of hydrogen-bond donors (Lipinski definition) is 1. The van der Waals surface area contributed by atoms with Crippen molar-refractivity contribution < 1.29 is 0 Å². The van der Waals surface area contributed by atoms with Crippen molar-refractivity contribution >= 4 is 22.1 Å². The third-order valence-corrected chi connectivity index (χ3v) is 3.22. The van der Waals surface area contributed by atoms with Crippen molar-refractivity contribution in [3.63, 3.8) is 0 Å². The van der Waals surface area contributed by atoms with Crippen molar-refractivity contribution in [1.29, 1.82) is 0 Å². The Labute approximate surface area is 115 Å². The van der Waals surface area contributed by atoms with E-state index in [4.69, 9.17) is 0 Å². The topological polar surface area (TPSA) is 18.5 Å². The average molecular weight is 257 g/mol. The fourth-order valence-electron chi connectivity index (χ4n) is 2.29. The number of benzene rings is 2. The van der Waals surface area contributed by atoms with Gasteiger partial charge >= 0.3 is 0 Å². The van der Waals surface area contributed by atoms with Crippen LogP contribution in [0.25, 0.3) is 10.8 Å². The molecular weight excluding hydrogens is 234 g/mol. The zero-order valence-corrected chi connectivity index (χ0v) is 12.3. The van der Waals surface area contributed by atoms with Gasteiger partial charge in [-0.2, -0.15) is 0 Å². The lowest BCUT2D eigenvalue weighted by Gasteiger charge is -2.21. The van der Waals surface area contributed by atoms with E-state index in [0.717, 1.165) is 13.1 Å². The van der Waals surface area contributed by atoms with Gasteiger partial charge < -0.3 is 15.1 Å². The SMILES string of the molecule is CN(C)CCNc1ccc2ccccc2c1N(C)C. The fraction of sp³-hybridized carbons (Fsp3) is 0.375. The van der Waals surface area contributed by atoms with Crippen LogP contribution in [0.1, 0.15) is 0 Å². The first-order valence-electron chi connectivity index (χ1n) is 6.67. The molecule has 0 bridgehead atoms. The second kappa shape index (κ2) is 5.93. The standard InChI is InChI=1S/C16H23N3/c1-18(2)12-11-17-15-10-9-13-7-5-6-8-14(13)16(15)19(3)4/h5-10,17H,11-12H2,1-4H3. The number of rotatable bonds is 5. The van der Waals surface area contributed by atoms with Crippen molar-refractivity contribution in [2.45, 2.75) is 0 Å². The van der Waals surface area contributed by atoms with E-state index in [1.165, 1.54) is 22.1 Å². The Hall–Kier alpha value is -1.74. The Morgan fingerprint density at radius 1 is 0.947 bits per heavy atom. The summed E-state index contributed by atoms with van der Waals surface area (Å²) in [5.41, 5.74) is 2.46. The molecule has 3 nitrogen and oxygen atoms in total. The molecule has 2 rings (SSSR count). The normalized spacial score (nSPS) is 11.0. The largest absolute Gasteiger partial charge is 0.382 e. The van der Waals surface area contributed by atoms with Gasteiger partial charge in [0.1, 0.15) is 0 Å². The van der Waals surface area contributed by atoms with Crippen LogP contribution < -0.4 is 10.2 Å². The van der Waals surface area contributed by atoms with Crippen LogP contribution in [0.2, 0.25) is 0 Å². The number of nitrogens with zero attached hydrogens (tertiary/aromatic N) is 2. The molecule has 2 aromatic rings. The van der Waals surface area contributed by atoms with Gasteiger partial charge in [0.15, 0.2) is 0 Å². The van der Waals surface area contributed by atoms with Crippen LogP contribution in [0, 0.1) is 0 Å². The van der Waals surface area contributed by atoms with Crippen LogP contribution in [0.3, 0.4) is 0 Å². The van der Waals surface area contributed by atoms with Crippen LogP contribution >= 0.6 is 0 Å². The second-order valence-electron chi connectivity index (χ2n) is 5.31. The predicted molar refractivity (Wildman–Crippen MR) is 85.3 cm³/mol. The molecular formula is C16H23N3. The minimum absolute atomic E-state index is 0.951. The highest BCUT2D eigenvalue weighted by molar-refractivity contribution is 6.00. The highest BCUT2D eigenvalue weighted by atomic mass is 15.1. The molecule has 0 atom stereocenters. The zero-order valence-electron chi connectivity index (χ0n) is 12.3. The molecule has 102 valence electrons. The Kier molecular flexibility index (Phi) is 4.27. The first-order valence-corrected chi connectivity index (χ1v) is 6.67. The molecule has 1 N–H and O–H groups in total. The highest BCUT2D eigenvalue weighted by Gasteiger charge is 2.08. The van der Waals surface area contributed by atoms with Gasteiger partial charge in [0, 0.05) is 32.6 Å². The van der Waals surface area contributed by atoms with Gasteiger partial charge in [0.25, 0.3) is 0 Å². The van der Waals surface area contributed by atoms with Crippen LogP contribution in [0.5, 0.6) is 0 Å². The second-order valence-corrected chi connectivity index (χ2v) is 5.31. The molecule has 0 aromatic heterocycles. The van der Waals surface area contributed by atoms with Gasteiger partial charge in [-0.15, -0.1) is 0 Å². The fourth-order valence-corrected chi connectivity index (χ4v) is 2.29. The average Bonchev–Trinajstić information content (AvgIpc) is 2.37. The summed E-state index contributed by atoms with van der Waals surface area (Å²) in [5.74, 6) is 0. The summed E-state index contributed by atoms with van der Waals surface area (Å²) >= 11 is 0. The number of fused-ring (bicyclic) bond motifs is 1. The molecule has 0 saturated heterocycles. The van der Waals surface area contributed by atoms with E-state index in [2.05, 4.69) is 79.7 Å². The van der Waals surface area contributed by atoms with Crippen LogP contribution in [-0.2, 0) is 0 Å². The maximum Gasteiger partial charge on any atom is 0.0676 e. The maximum atomic E-state index is 3.53. The summed E-state index contributed by atoms with van der Waals surface area (Å²) in [6.07, 6.45) is 0. The maximum absolute atomic E-state index is 3.53. The highest BCUT2D eigenvalue weighted by Crippen LogP contribution is 2.33. The molecule has 0 fully saturated rings. The van der Waals surface area contributed by atoms with Crippen molar-refractivity contribution in [2.24, 2.45) is 0 Å². The molecule has 0 aliphatic heterocycles. The van der Waals surface area contributed by atoms with Crippen LogP contribution in [0.4, 0.5) is 11.4 Å². The monoisotopic (exact) mass is 257 g/mol. The van der Waals surface area contributed by atoms with Crippen molar-refractivity contribution in [3.05, 3.63) is 36.4 Å². The minimum Gasteiger partial charge on any atom is -0.382 e. The number of anilines is 2. The molecule has 2 aromatic carbocycles. The molecule has 19 heavy (non-hydrogen) atoms. The smallest absolute Gasteiger partial charge is 0.0676 e. The van der Waals surface area contributed by atoms with E-state index in [1.54, 1.807) is 0 Å². The molecule has 0 heterocycles. The minimum atomic E-state index is 0.951. The molecule has 0 aliphatic carbocycles. The summed E-state index contributed by atoms with van der Waals surface area (Å²) in [4.78, 5) is 4.36. The summed E-state index contributed by atoms with van der Waals surface area (Å²) in [5, 5.41) is 6.11. The quantitative estimate of drug-likeness (QED) is 0.888. The number of likely N-dealkylation sites (N-methyl/N-ethyl adjacent to an activating group) is 1. The summed E-state index contributed by atoms with van der Waals surface area (Å²) < 4.78 is 0. The van der Waals surface area contributed by atoms with E-state index in [-0.39, 0.29) is 0 Å². The Morgan fingerprint density at radius 2 is 1.68 bits per heavy atom. The van der Waals surface area contributed by atoms with Gasteiger partial charge in [0.05, 0.1) is 11.4 Å². The van der Waals surface area contributed by atoms with Gasteiger partial charge in [-0.1, -0.05) is 30.3 Å². The summed E-state index contributed by atoms with van der Waals surface area (Å²) in [6, 6.07) is 12.9. The molecule has 0 spiro atoms. The van der Waals surface area contributed by atoms with E-state index in [9.17, 15) is 0 Å². The van der Waals surface area contributed by atoms with Crippen LogP contribution in [-0.4, -0.2) is 46.2 Å². The van der Waals surface area contributed by atoms with Gasteiger partial charge in [-0.25, -0.2) is 0 Å². The molecule has 3 heteroatoms. The zero-order chi connectivity index (χ0) is 13.8. The molecule has 0 saturated carbocycles. The summed E-state index contributed by atoms with van der Waals surface area (Å²) in [6.45, 7) is 1.98. The Balaban J connectivity index is 2.35. The van der Waals surface area contributed by atoms with E-state index < -0.39 is 0 Å². The first kappa shape index (κ1) is 13.7. The molecule has 0 aliphatic rings. The molecule has 0 radical (unpaired) electrons.